The van der Waals surface area contributed by atoms with Crippen LogP contribution in [0, 0.1) is 17.3 Å². The predicted octanol–water partition coefficient (Wildman–Crippen LogP) is 2.05. The van der Waals surface area contributed by atoms with Crippen LogP contribution in [0.5, 0.6) is 0 Å². The Balaban J connectivity index is 2.11. The van der Waals surface area contributed by atoms with Gasteiger partial charge in [0.2, 0.25) is 0 Å². The van der Waals surface area contributed by atoms with E-state index in [2.05, 4.69) is 13.8 Å². The minimum Gasteiger partial charge on any atom is -0.459 e. The topological polar surface area (TPSA) is 74.2 Å². The van der Waals surface area contributed by atoms with Gasteiger partial charge in [0.15, 0.2) is 6.29 Å². The smallest absolute Gasteiger partial charge is 0.303 e. The first-order chi connectivity index (χ1) is 11.7. The lowest BCUT2D eigenvalue weighted by Crippen LogP contribution is -2.68. The highest BCUT2D eigenvalue weighted by Crippen LogP contribution is 2.67. The van der Waals surface area contributed by atoms with Gasteiger partial charge in [-0.05, 0) is 18.8 Å². The lowest BCUT2D eigenvalue weighted by Gasteiger charge is -2.61. The number of rotatable bonds is 3. The van der Waals surface area contributed by atoms with Crippen molar-refractivity contribution < 1.29 is 28.8 Å². The molecule has 7 atom stereocenters. The fraction of sp³-hybridized carbons (Fsp3) is 0.842. The molecule has 142 valence electrons. The SMILES string of the molecule is COC1C=C(C)CC(OC(C)=O)C23OC(O)C(C1OC)C2CC3(C)C. The van der Waals surface area contributed by atoms with Crippen LogP contribution >= 0.6 is 0 Å². The van der Waals surface area contributed by atoms with Gasteiger partial charge in [0.25, 0.3) is 0 Å². The first kappa shape index (κ1) is 18.8. The number of esters is 1. The standard InChI is InChI=1S/C19H30O6/c1-10-7-13(22-5)16(23-6)15-12-9-18(3,4)19(12,25-17(15)21)14(8-10)24-11(2)20/h7,12-17,21H,8-9H2,1-6H3. The van der Waals surface area contributed by atoms with Crippen LogP contribution in [-0.2, 0) is 23.7 Å². The summed E-state index contributed by atoms with van der Waals surface area (Å²) in [6.45, 7) is 7.65. The van der Waals surface area contributed by atoms with E-state index in [1.807, 2.05) is 13.0 Å². The number of ether oxygens (including phenoxy) is 4. The summed E-state index contributed by atoms with van der Waals surface area (Å²) in [5.41, 5.74) is 0.137. The fourth-order valence-corrected chi connectivity index (χ4v) is 5.45. The van der Waals surface area contributed by atoms with Gasteiger partial charge in [-0.25, -0.2) is 0 Å². The zero-order valence-electron chi connectivity index (χ0n) is 15.9. The number of methoxy groups -OCH3 is 2. The van der Waals surface area contributed by atoms with Gasteiger partial charge in [-0.2, -0.15) is 0 Å². The van der Waals surface area contributed by atoms with Crippen molar-refractivity contribution in [3.8, 4) is 0 Å². The van der Waals surface area contributed by atoms with Gasteiger partial charge < -0.3 is 24.1 Å². The Morgan fingerprint density at radius 2 is 2.00 bits per heavy atom. The normalized spacial score (nSPS) is 45.3. The number of hydrogen-bond acceptors (Lipinski definition) is 6. The van der Waals surface area contributed by atoms with Gasteiger partial charge in [0.05, 0.1) is 6.10 Å². The molecular weight excluding hydrogens is 324 g/mol. The van der Waals surface area contributed by atoms with Gasteiger partial charge >= 0.3 is 5.97 Å². The molecule has 2 fully saturated rings. The molecule has 1 aliphatic heterocycles. The monoisotopic (exact) mass is 354 g/mol. The van der Waals surface area contributed by atoms with Crippen molar-refractivity contribution in [1.82, 2.24) is 0 Å². The van der Waals surface area contributed by atoms with Gasteiger partial charge in [0.1, 0.15) is 17.8 Å². The molecule has 6 heteroatoms. The zero-order chi connectivity index (χ0) is 18.6. The Labute approximate surface area is 149 Å². The van der Waals surface area contributed by atoms with Crippen LogP contribution in [0.2, 0.25) is 0 Å². The molecule has 1 saturated heterocycles. The quantitative estimate of drug-likeness (QED) is 0.618. The number of aliphatic hydroxyl groups excluding tert-OH is 1. The average molecular weight is 354 g/mol. The highest BCUT2D eigenvalue weighted by molar-refractivity contribution is 5.66. The van der Waals surface area contributed by atoms with Crippen LogP contribution < -0.4 is 0 Å². The minimum atomic E-state index is -0.973. The predicted molar refractivity (Wildman–Crippen MR) is 90.7 cm³/mol. The average Bonchev–Trinajstić information content (AvgIpc) is 2.77. The summed E-state index contributed by atoms with van der Waals surface area (Å²) < 4.78 is 23.3. The molecule has 2 aliphatic carbocycles. The lowest BCUT2D eigenvalue weighted by molar-refractivity contribution is -0.276. The summed E-state index contributed by atoms with van der Waals surface area (Å²) in [5.74, 6) is -0.520. The Morgan fingerprint density at radius 3 is 2.52 bits per heavy atom. The van der Waals surface area contributed by atoms with E-state index in [9.17, 15) is 9.90 Å². The summed E-state index contributed by atoms with van der Waals surface area (Å²) in [5, 5.41) is 10.8. The highest BCUT2D eigenvalue weighted by atomic mass is 16.7. The van der Waals surface area contributed by atoms with Crippen LogP contribution in [-0.4, -0.2) is 55.5 Å². The van der Waals surface area contributed by atoms with Crippen molar-refractivity contribution in [3.63, 3.8) is 0 Å². The molecule has 6 nitrogen and oxygen atoms in total. The number of carbonyl (C=O) groups is 1. The summed E-state index contributed by atoms with van der Waals surface area (Å²) in [7, 11) is 3.28. The van der Waals surface area contributed by atoms with Gasteiger partial charge in [-0.15, -0.1) is 0 Å². The van der Waals surface area contributed by atoms with E-state index < -0.39 is 18.0 Å². The van der Waals surface area contributed by atoms with Crippen LogP contribution in [0.4, 0.5) is 0 Å². The minimum absolute atomic E-state index is 0.0451. The van der Waals surface area contributed by atoms with Crippen LogP contribution in [0.15, 0.2) is 11.6 Å². The van der Waals surface area contributed by atoms with Crippen LogP contribution in [0.1, 0.15) is 40.5 Å². The maximum absolute atomic E-state index is 11.8. The third-order valence-corrected chi connectivity index (χ3v) is 6.44. The number of hydrogen-bond donors (Lipinski definition) is 1. The third kappa shape index (κ3) is 2.65. The Kier molecular flexibility index (Phi) is 4.77. The molecule has 0 radical (unpaired) electrons. The Bertz CT molecular complexity index is 570. The molecule has 2 bridgehead atoms. The summed E-state index contributed by atoms with van der Waals surface area (Å²) in [6, 6.07) is 0. The number of aliphatic hydroxyl groups is 1. The Morgan fingerprint density at radius 1 is 1.32 bits per heavy atom. The van der Waals surface area contributed by atoms with E-state index >= 15 is 0 Å². The first-order valence-electron chi connectivity index (χ1n) is 8.94. The fourth-order valence-electron chi connectivity index (χ4n) is 5.45. The molecule has 3 aliphatic rings. The summed E-state index contributed by atoms with van der Waals surface area (Å²) in [4.78, 5) is 11.8. The maximum Gasteiger partial charge on any atom is 0.303 e. The van der Waals surface area contributed by atoms with E-state index in [0.29, 0.717) is 6.42 Å². The van der Waals surface area contributed by atoms with Gasteiger partial charge in [-0.3, -0.25) is 4.79 Å². The lowest BCUT2D eigenvalue weighted by atomic mass is 9.47. The van der Waals surface area contributed by atoms with Crippen LogP contribution in [0.25, 0.3) is 0 Å². The molecule has 1 heterocycles. The largest absolute Gasteiger partial charge is 0.459 e. The van der Waals surface area contributed by atoms with Crippen molar-refractivity contribution in [2.45, 2.75) is 70.7 Å². The molecule has 3 rings (SSSR count). The van der Waals surface area contributed by atoms with E-state index in [0.717, 1.165) is 12.0 Å². The molecule has 7 unspecified atom stereocenters. The van der Waals surface area contributed by atoms with Gasteiger partial charge in [0, 0.05) is 39.4 Å². The molecule has 0 aromatic carbocycles. The van der Waals surface area contributed by atoms with Crippen molar-refractivity contribution in [2.75, 3.05) is 14.2 Å². The van der Waals surface area contributed by atoms with Gasteiger partial charge in [-0.1, -0.05) is 25.5 Å². The number of carbonyl (C=O) groups excluding carboxylic acids is 1. The van der Waals surface area contributed by atoms with Crippen molar-refractivity contribution >= 4 is 5.97 Å². The second-order valence-electron chi connectivity index (χ2n) is 8.29. The first-order valence-corrected chi connectivity index (χ1v) is 8.94. The molecule has 1 saturated carbocycles. The van der Waals surface area contributed by atoms with Crippen molar-refractivity contribution in [2.24, 2.45) is 17.3 Å². The van der Waals surface area contributed by atoms with E-state index in [1.165, 1.54) is 6.92 Å². The molecule has 0 aromatic heterocycles. The molecular formula is C19H30O6. The molecule has 1 N–H and O–H groups in total. The second-order valence-corrected chi connectivity index (χ2v) is 8.29. The van der Waals surface area contributed by atoms with Crippen molar-refractivity contribution in [3.05, 3.63) is 11.6 Å². The second kappa shape index (κ2) is 6.34. The van der Waals surface area contributed by atoms with E-state index in [4.69, 9.17) is 18.9 Å². The molecule has 25 heavy (non-hydrogen) atoms. The third-order valence-electron chi connectivity index (χ3n) is 6.44. The molecule has 0 aromatic rings. The Hall–Kier alpha value is -0.950. The van der Waals surface area contributed by atoms with E-state index in [-0.39, 0.29) is 35.4 Å². The summed E-state index contributed by atoms with van der Waals surface area (Å²) >= 11 is 0. The maximum atomic E-state index is 11.8. The highest BCUT2D eigenvalue weighted by Gasteiger charge is 2.75. The van der Waals surface area contributed by atoms with E-state index in [1.54, 1.807) is 14.2 Å². The summed E-state index contributed by atoms with van der Waals surface area (Å²) in [6.07, 6.45) is 1.41. The molecule has 0 spiro atoms. The zero-order valence-corrected chi connectivity index (χ0v) is 15.9. The van der Waals surface area contributed by atoms with Crippen LogP contribution in [0.3, 0.4) is 0 Å². The van der Waals surface area contributed by atoms with Crippen molar-refractivity contribution in [1.29, 1.82) is 0 Å². The molecule has 0 amide bonds.